The molecule has 3 aromatic rings. The first-order valence-corrected chi connectivity index (χ1v) is 11.7. The van der Waals surface area contributed by atoms with Gasteiger partial charge in [-0.25, -0.2) is 9.24 Å². The molecule has 4 rings (SSSR count). The second-order valence-corrected chi connectivity index (χ2v) is 9.34. The minimum atomic E-state index is -3.91. The Kier molecular flexibility index (Phi) is 6.19. The molecule has 0 aromatic heterocycles. The molecule has 5 heteroatoms. The van der Waals surface area contributed by atoms with Crippen molar-refractivity contribution in [1.29, 1.82) is 0 Å². The molecule has 0 saturated heterocycles. The molecule has 0 heterocycles. The quantitative estimate of drug-likeness (QED) is 0.520. The second kappa shape index (κ2) is 9.01. The molecule has 1 N–H and O–H groups in total. The standard InChI is InChI=1S/C25H26NO3P/c1-26(30(27,28)29-22-12-3-2-4-13-22)19-9-16-25-23-14-7-5-10-20(23)17-18-21-11-6-8-15-24(21)25/h2-8,10-16H,9,17-19H2,1H3,(H,27,28). The SMILES string of the molecule is CN(CCC=C1c2ccccc2CCc2ccccc21)P(=O)(O)Oc1ccccc1. The van der Waals surface area contributed by atoms with Crippen LogP contribution in [0.25, 0.3) is 5.57 Å². The van der Waals surface area contributed by atoms with Gasteiger partial charge in [0, 0.05) is 6.54 Å². The number of fused-ring (bicyclic) bond motifs is 2. The molecule has 0 spiro atoms. The van der Waals surface area contributed by atoms with Gasteiger partial charge in [0.1, 0.15) is 5.75 Å². The normalized spacial score (nSPS) is 15.0. The summed E-state index contributed by atoms with van der Waals surface area (Å²) in [6.07, 6.45) is 4.85. The van der Waals surface area contributed by atoms with Crippen molar-refractivity contribution in [3.8, 4) is 5.75 Å². The van der Waals surface area contributed by atoms with E-state index < -0.39 is 7.75 Å². The molecule has 0 saturated carbocycles. The van der Waals surface area contributed by atoms with E-state index in [-0.39, 0.29) is 0 Å². The number of benzene rings is 3. The van der Waals surface area contributed by atoms with Crippen LogP contribution in [0.15, 0.2) is 84.9 Å². The van der Waals surface area contributed by atoms with Gasteiger partial charge in [-0.2, -0.15) is 0 Å². The zero-order valence-electron chi connectivity index (χ0n) is 17.1. The second-order valence-electron chi connectivity index (χ2n) is 7.50. The number of hydrogen-bond acceptors (Lipinski definition) is 2. The van der Waals surface area contributed by atoms with Crippen LogP contribution in [0.1, 0.15) is 28.7 Å². The summed E-state index contributed by atoms with van der Waals surface area (Å²) in [5.74, 6) is 0.389. The number of aryl methyl sites for hydroxylation is 2. The molecule has 1 atom stereocenters. The van der Waals surface area contributed by atoms with Crippen LogP contribution in [-0.2, 0) is 17.4 Å². The average molecular weight is 419 g/mol. The molecule has 0 fully saturated rings. The van der Waals surface area contributed by atoms with E-state index in [0.717, 1.165) is 12.8 Å². The number of rotatable bonds is 6. The highest BCUT2D eigenvalue weighted by atomic mass is 31.2. The van der Waals surface area contributed by atoms with E-state index in [9.17, 15) is 9.46 Å². The third kappa shape index (κ3) is 4.57. The highest BCUT2D eigenvalue weighted by molar-refractivity contribution is 7.50. The van der Waals surface area contributed by atoms with Gasteiger partial charge >= 0.3 is 7.75 Å². The van der Waals surface area contributed by atoms with Crippen molar-refractivity contribution in [1.82, 2.24) is 4.67 Å². The van der Waals surface area contributed by atoms with Crippen molar-refractivity contribution in [3.63, 3.8) is 0 Å². The van der Waals surface area contributed by atoms with Crippen LogP contribution in [0.4, 0.5) is 0 Å². The third-order valence-electron chi connectivity index (χ3n) is 5.48. The van der Waals surface area contributed by atoms with Gasteiger partial charge in [-0.3, -0.25) is 0 Å². The van der Waals surface area contributed by atoms with Crippen LogP contribution < -0.4 is 4.52 Å². The van der Waals surface area contributed by atoms with E-state index in [4.69, 9.17) is 4.52 Å². The maximum Gasteiger partial charge on any atom is 0.458 e. The highest BCUT2D eigenvalue weighted by Crippen LogP contribution is 2.45. The van der Waals surface area contributed by atoms with Crippen molar-refractivity contribution >= 4 is 13.3 Å². The monoisotopic (exact) mass is 419 g/mol. The van der Waals surface area contributed by atoms with E-state index in [0.29, 0.717) is 18.7 Å². The molecule has 0 amide bonds. The van der Waals surface area contributed by atoms with Crippen molar-refractivity contribution in [3.05, 3.63) is 107 Å². The van der Waals surface area contributed by atoms with Gasteiger partial charge in [-0.15, -0.1) is 0 Å². The fourth-order valence-corrected chi connectivity index (χ4v) is 4.75. The topological polar surface area (TPSA) is 49.8 Å². The first-order chi connectivity index (χ1) is 14.5. The molecule has 1 unspecified atom stereocenters. The molecule has 0 aliphatic heterocycles. The molecule has 154 valence electrons. The maximum atomic E-state index is 12.7. The third-order valence-corrected chi connectivity index (χ3v) is 6.99. The van der Waals surface area contributed by atoms with Gasteiger partial charge in [0.25, 0.3) is 0 Å². The fourth-order valence-electron chi connectivity index (χ4n) is 3.85. The molecule has 30 heavy (non-hydrogen) atoms. The largest absolute Gasteiger partial charge is 0.458 e. The van der Waals surface area contributed by atoms with Gasteiger partial charge in [0.15, 0.2) is 0 Å². The van der Waals surface area contributed by atoms with Crippen LogP contribution in [-0.4, -0.2) is 23.2 Å². The van der Waals surface area contributed by atoms with Crippen molar-refractivity contribution in [2.24, 2.45) is 0 Å². The molecule has 1 aliphatic rings. The lowest BCUT2D eigenvalue weighted by Gasteiger charge is -2.22. The van der Waals surface area contributed by atoms with E-state index in [1.54, 1.807) is 31.3 Å². The van der Waals surface area contributed by atoms with Crippen molar-refractivity contribution in [2.45, 2.75) is 19.3 Å². The fraction of sp³-hybridized carbons (Fsp3) is 0.200. The zero-order valence-corrected chi connectivity index (χ0v) is 18.0. The number of para-hydroxylation sites is 1. The van der Waals surface area contributed by atoms with E-state index in [2.05, 4.69) is 54.6 Å². The van der Waals surface area contributed by atoms with Crippen LogP contribution in [0.3, 0.4) is 0 Å². The number of hydrogen-bond donors (Lipinski definition) is 1. The Morgan fingerprint density at radius 3 is 2.03 bits per heavy atom. The lowest BCUT2D eigenvalue weighted by Crippen LogP contribution is -2.19. The molecular weight excluding hydrogens is 393 g/mol. The van der Waals surface area contributed by atoms with Gasteiger partial charge in [0.05, 0.1) is 0 Å². The number of nitrogens with zero attached hydrogens (tertiary/aromatic N) is 1. The van der Waals surface area contributed by atoms with E-state index >= 15 is 0 Å². The first-order valence-electron chi connectivity index (χ1n) is 10.2. The lowest BCUT2D eigenvalue weighted by atomic mass is 9.93. The molecule has 1 aliphatic carbocycles. The van der Waals surface area contributed by atoms with Crippen LogP contribution >= 0.6 is 7.75 Å². The Bertz CT molecular complexity index is 1040. The van der Waals surface area contributed by atoms with E-state index in [1.807, 2.05) is 6.07 Å². The van der Waals surface area contributed by atoms with Gasteiger partial charge in [0.2, 0.25) is 0 Å². The minimum Gasteiger partial charge on any atom is -0.413 e. The summed E-state index contributed by atoms with van der Waals surface area (Å²) >= 11 is 0. The molecule has 0 bridgehead atoms. The molecular formula is C25H26NO3P. The summed E-state index contributed by atoms with van der Waals surface area (Å²) < 4.78 is 19.4. The van der Waals surface area contributed by atoms with Gasteiger partial charge in [-0.05, 0) is 66.3 Å². The maximum absolute atomic E-state index is 12.7. The summed E-state index contributed by atoms with van der Waals surface area (Å²) in [5, 5.41) is 0. The average Bonchev–Trinajstić information content (AvgIpc) is 2.91. The van der Waals surface area contributed by atoms with Gasteiger partial charge < -0.3 is 9.42 Å². The predicted octanol–water partition coefficient (Wildman–Crippen LogP) is 5.72. The summed E-state index contributed by atoms with van der Waals surface area (Å²) in [6, 6.07) is 25.8. The summed E-state index contributed by atoms with van der Waals surface area (Å²) in [6.45, 7) is 0.411. The smallest absolute Gasteiger partial charge is 0.413 e. The minimum absolute atomic E-state index is 0.389. The van der Waals surface area contributed by atoms with Crippen LogP contribution in [0.2, 0.25) is 0 Å². The Hall–Kier alpha value is -2.65. The predicted molar refractivity (Wildman–Crippen MR) is 122 cm³/mol. The molecule has 3 aromatic carbocycles. The Labute approximate surface area is 178 Å². The van der Waals surface area contributed by atoms with Crippen LogP contribution in [0, 0.1) is 0 Å². The van der Waals surface area contributed by atoms with E-state index in [1.165, 1.54) is 32.5 Å². The van der Waals surface area contributed by atoms with Crippen molar-refractivity contribution < 1.29 is 14.0 Å². The highest BCUT2D eigenvalue weighted by Gasteiger charge is 2.27. The summed E-state index contributed by atoms with van der Waals surface area (Å²) in [7, 11) is -2.29. The summed E-state index contributed by atoms with van der Waals surface area (Å²) in [4.78, 5) is 10.4. The lowest BCUT2D eigenvalue weighted by molar-refractivity contribution is 0.301. The summed E-state index contributed by atoms with van der Waals surface area (Å²) in [5.41, 5.74) is 6.38. The zero-order chi connectivity index (χ0) is 21.0. The van der Waals surface area contributed by atoms with Gasteiger partial charge in [-0.1, -0.05) is 72.8 Å². The molecule has 0 radical (unpaired) electrons. The Morgan fingerprint density at radius 1 is 0.900 bits per heavy atom. The van der Waals surface area contributed by atoms with Crippen molar-refractivity contribution in [2.75, 3.05) is 13.6 Å². The Morgan fingerprint density at radius 2 is 1.43 bits per heavy atom. The first kappa shape index (κ1) is 20.6. The van der Waals surface area contributed by atoms with Crippen LogP contribution in [0.5, 0.6) is 5.75 Å². The Balaban J connectivity index is 1.54. The molecule has 4 nitrogen and oxygen atoms in total.